The largest absolute Gasteiger partial charge is 0.469 e. The number of fused-ring (bicyclic) bond motifs is 1. The summed E-state index contributed by atoms with van der Waals surface area (Å²) < 4.78 is 6.12. The van der Waals surface area contributed by atoms with Gasteiger partial charge < -0.3 is 16.2 Å². The van der Waals surface area contributed by atoms with E-state index in [4.69, 9.17) is 16.2 Å². The van der Waals surface area contributed by atoms with Crippen molar-refractivity contribution in [2.24, 2.45) is 0 Å². The Balaban J connectivity index is 1.50. The van der Waals surface area contributed by atoms with E-state index in [1.54, 1.807) is 0 Å². The Kier molecular flexibility index (Phi) is 2.90. The molecule has 0 aromatic carbocycles. The van der Waals surface area contributed by atoms with Gasteiger partial charge in [-0.15, -0.1) is 0 Å². The molecule has 1 saturated heterocycles. The van der Waals surface area contributed by atoms with Crippen LogP contribution in [0.3, 0.4) is 0 Å². The second-order valence-electron chi connectivity index (χ2n) is 6.03. The van der Waals surface area contributed by atoms with E-state index < -0.39 is 0 Å². The zero-order valence-electron chi connectivity index (χ0n) is 12.2. The van der Waals surface area contributed by atoms with Gasteiger partial charge >= 0.3 is 0 Å². The number of anilines is 2. The van der Waals surface area contributed by atoms with Crippen molar-refractivity contribution < 1.29 is 4.74 Å². The molecule has 0 unspecified atom stereocenters. The molecule has 7 nitrogen and oxygen atoms in total. The average Bonchev–Trinajstić information content (AvgIpc) is 3.04. The fraction of sp³-hybridized carbons (Fsp3) is 0.400. The van der Waals surface area contributed by atoms with Gasteiger partial charge in [-0.2, -0.15) is 9.97 Å². The summed E-state index contributed by atoms with van der Waals surface area (Å²) in [6.07, 6.45) is 5.35. The van der Waals surface area contributed by atoms with Crippen LogP contribution in [-0.2, 0) is 13.0 Å². The maximum atomic E-state index is 6.12. The van der Waals surface area contributed by atoms with Gasteiger partial charge in [0.2, 0.25) is 11.8 Å². The number of hydrogen-bond acceptors (Lipinski definition) is 7. The summed E-state index contributed by atoms with van der Waals surface area (Å²) in [5.74, 6) is 1.16. The normalized spacial score (nSPS) is 23.6. The van der Waals surface area contributed by atoms with E-state index in [0.717, 1.165) is 38.0 Å². The SMILES string of the molecule is Nc1nc(N)c2c(n1)O[C@@]1(CCN(Cc3ccncc3)C1)C2. The summed E-state index contributed by atoms with van der Waals surface area (Å²) in [6.45, 7) is 2.73. The van der Waals surface area contributed by atoms with Crippen LogP contribution in [0, 0.1) is 0 Å². The molecule has 1 fully saturated rings. The minimum absolute atomic E-state index is 0.167. The minimum atomic E-state index is -0.244. The first-order chi connectivity index (χ1) is 10.6. The van der Waals surface area contributed by atoms with Crippen molar-refractivity contribution >= 4 is 11.8 Å². The lowest BCUT2D eigenvalue weighted by Crippen LogP contribution is -2.37. The van der Waals surface area contributed by atoms with Gasteiger partial charge in [0.05, 0.1) is 5.56 Å². The predicted octanol–water partition coefficient (Wildman–Crippen LogP) is 0.616. The zero-order chi connectivity index (χ0) is 15.2. The van der Waals surface area contributed by atoms with Crippen molar-refractivity contribution in [3.8, 4) is 5.88 Å². The van der Waals surface area contributed by atoms with Crippen molar-refractivity contribution in [1.82, 2.24) is 19.9 Å². The third kappa shape index (κ3) is 2.23. The van der Waals surface area contributed by atoms with Crippen LogP contribution < -0.4 is 16.2 Å². The van der Waals surface area contributed by atoms with Gasteiger partial charge in [0.1, 0.15) is 11.4 Å². The van der Waals surface area contributed by atoms with E-state index in [9.17, 15) is 0 Å². The van der Waals surface area contributed by atoms with Gasteiger partial charge in [0.15, 0.2) is 0 Å². The molecule has 0 saturated carbocycles. The van der Waals surface area contributed by atoms with E-state index in [2.05, 4.69) is 19.9 Å². The first kappa shape index (κ1) is 13.3. The number of ether oxygens (including phenoxy) is 1. The van der Waals surface area contributed by atoms with E-state index >= 15 is 0 Å². The fourth-order valence-corrected chi connectivity index (χ4v) is 3.35. The summed E-state index contributed by atoms with van der Waals surface area (Å²) in [6, 6.07) is 4.08. The molecule has 114 valence electrons. The lowest BCUT2D eigenvalue weighted by atomic mass is 9.97. The van der Waals surface area contributed by atoms with Crippen LogP contribution in [0.25, 0.3) is 0 Å². The monoisotopic (exact) mass is 298 g/mol. The molecule has 2 aliphatic heterocycles. The highest BCUT2D eigenvalue weighted by Crippen LogP contribution is 2.41. The Morgan fingerprint density at radius 3 is 2.86 bits per heavy atom. The second kappa shape index (κ2) is 4.81. The predicted molar refractivity (Wildman–Crippen MR) is 82.1 cm³/mol. The van der Waals surface area contributed by atoms with Gasteiger partial charge in [0, 0.05) is 44.9 Å². The van der Waals surface area contributed by atoms with Gasteiger partial charge in [0.25, 0.3) is 0 Å². The molecule has 0 radical (unpaired) electrons. The molecule has 4 N–H and O–H groups in total. The first-order valence-electron chi connectivity index (χ1n) is 7.36. The lowest BCUT2D eigenvalue weighted by Gasteiger charge is -2.23. The van der Waals surface area contributed by atoms with Gasteiger partial charge in [-0.3, -0.25) is 9.88 Å². The molecule has 22 heavy (non-hydrogen) atoms. The molecule has 1 spiro atoms. The fourth-order valence-electron chi connectivity index (χ4n) is 3.35. The Bertz CT molecular complexity index is 707. The summed E-state index contributed by atoms with van der Waals surface area (Å²) in [5, 5.41) is 0. The third-order valence-corrected chi connectivity index (χ3v) is 4.38. The van der Waals surface area contributed by atoms with Crippen LogP contribution in [0.1, 0.15) is 17.5 Å². The van der Waals surface area contributed by atoms with Crippen LogP contribution >= 0.6 is 0 Å². The minimum Gasteiger partial charge on any atom is -0.469 e. The Labute approximate surface area is 128 Å². The molecule has 4 rings (SSSR count). The quantitative estimate of drug-likeness (QED) is 0.837. The van der Waals surface area contributed by atoms with Crippen LogP contribution in [0.15, 0.2) is 24.5 Å². The highest BCUT2D eigenvalue weighted by atomic mass is 16.5. The number of nitrogens with zero attached hydrogens (tertiary/aromatic N) is 4. The molecular formula is C15H18N6O. The van der Waals surface area contributed by atoms with Crippen LogP contribution in [0.2, 0.25) is 0 Å². The molecule has 0 amide bonds. The standard InChI is InChI=1S/C15H18N6O/c16-12-11-7-15(22-13(11)20-14(17)19-12)3-6-21(9-15)8-10-1-4-18-5-2-10/h1-2,4-5H,3,6-9H2,(H4,16,17,19,20)/t15-/m0/s1. The highest BCUT2D eigenvalue weighted by molar-refractivity contribution is 5.52. The summed E-state index contributed by atoms with van der Waals surface area (Å²) in [7, 11) is 0. The highest BCUT2D eigenvalue weighted by Gasteiger charge is 2.46. The molecule has 4 heterocycles. The summed E-state index contributed by atoms with van der Waals surface area (Å²) >= 11 is 0. The van der Waals surface area contributed by atoms with Crippen molar-refractivity contribution in [2.75, 3.05) is 24.6 Å². The van der Waals surface area contributed by atoms with E-state index in [0.29, 0.717) is 11.7 Å². The number of aromatic nitrogens is 3. The molecule has 2 aliphatic rings. The number of pyridine rings is 1. The van der Waals surface area contributed by atoms with Crippen LogP contribution in [-0.4, -0.2) is 38.5 Å². The number of nitrogens with two attached hydrogens (primary N) is 2. The number of hydrogen-bond donors (Lipinski definition) is 2. The van der Waals surface area contributed by atoms with Gasteiger partial charge in [-0.05, 0) is 17.7 Å². The van der Waals surface area contributed by atoms with Crippen molar-refractivity contribution in [3.05, 3.63) is 35.7 Å². The first-order valence-corrected chi connectivity index (χ1v) is 7.36. The average molecular weight is 298 g/mol. The third-order valence-electron chi connectivity index (χ3n) is 4.38. The molecular weight excluding hydrogens is 280 g/mol. The van der Waals surface area contributed by atoms with Crippen molar-refractivity contribution in [3.63, 3.8) is 0 Å². The Morgan fingerprint density at radius 2 is 2.05 bits per heavy atom. The smallest absolute Gasteiger partial charge is 0.225 e. The lowest BCUT2D eigenvalue weighted by molar-refractivity contribution is 0.0965. The van der Waals surface area contributed by atoms with Crippen molar-refractivity contribution in [2.45, 2.75) is 25.0 Å². The topological polar surface area (TPSA) is 103 Å². The molecule has 1 atom stereocenters. The summed E-state index contributed by atoms with van der Waals surface area (Å²) in [5.41, 5.74) is 13.5. The number of likely N-dealkylation sites (tertiary alicyclic amines) is 1. The van der Waals surface area contributed by atoms with Crippen molar-refractivity contribution in [1.29, 1.82) is 0 Å². The maximum Gasteiger partial charge on any atom is 0.225 e. The van der Waals surface area contributed by atoms with Gasteiger partial charge in [-0.1, -0.05) is 0 Å². The second-order valence-corrected chi connectivity index (χ2v) is 6.03. The van der Waals surface area contributed by atoms with E-state index in [1.807, 2.05) is 24.5 Å². The zero-order valence-corrected chi connectivity index (χ0v) is 12.2. The van der Waals surface area contributed by atoms with Crippen LogP contribution in [0.4, 0.5) is 11.8 Å². The number of nitrogen functional groups attached to an aromatic ring is 2. The van der Waals surface area contributed by atoms with Gasteiger partial charge in [-0.25, -0.2) is 0 Å². The van der Waals surface area contributed by atoms with Crippen LogP contribution in [0.5, 0.6) is 5.88 Å². The summed E-state index contributed by atoms with van der Waals surface area (Å²) in [4.78, 5) is 14.6. The molecule has 7 heteroatoms. The molecule has 2 aromatic heterocycles. The van der Waals surface area contributed by atoms with E-state index in [-0.39, 0.29) is 11.5 Å². The van der Waals surface area contributed by atoms with E-state index in [1.165, 1.54) is 5.56 Å². The maximum absolute atomic E-state index is 6.12. The Hall–Kier alpha value is -2.41. The number of rotatable bonds is 2. The molecule has 2 aromatic rings. The molecule has 0 bridgehead atoms. The molecule has 0 aliphatic carbocycles. The Morgan fingerprint density at radius 1 is 1.23 bits per heavy atom.